The van der Waals surface area contributed by atoms with Crippen molar-refractivity contribution in [2.75, 3.05) is 0 Å². The molecule has 60 heavy (non-hydrogen) atoms. The molecule has 0 aliphatic rings. The first kappa shape index (κ1) is 55.7. The van der Waals surface area contributed by atoms with Crippen LogP contribution in [0.2, 0.25) is 0 Å². The van der Waals surface area contributed by atoms with Crippen molar-refractivity contribution in [1.82, 2.24) is 0 Å². The summed E-state index contributed by atoms with van der Waals surface area (Å²) >= 11 is 0. The van der Waals surface area contributed by atoms with Gasteiger partial charge in [0.05, 0.1) is 0 Å². The van der Waals surface area contributed by atoms with E-state index in [1.54, 1.807) is 0 Å². The molecule has 0 bridgehead atoms. The molecule has 0 unspecified atom stereocenters. The number of unbranched alkanes of at least 4 members (excludes halogenated alkanes) is 7. The van der Waals surface area contributed by atoms with Gasteiger partial charge in [-0.25, -0.2) is 18.3 Å². The number of rotatable bonds is 17. The van der Waals surface area contributed by atoms with Crippen molar-refractivity contribution in [3.8, 4) is 22.3 Å². The SMILES string of the molecule is CCCCCC[n+]1ccc(-c2cc[n+](CCCC[n+]3ccc(-c4cc[n+](CCCCCC)cc4)cc3)cc2)cc1.F[B-](F)(F)F.F[B-](F)(F)F.F[B-](F)(F)F.F[B-](F)(F)F. The van der Waals surface area contributed by atoms with Crippen molar-refractivity contribution >= 4 is 29.0 Å². The molecule has 4 nitrogen and oxygen atoms in total. The summed E-state index contributed by atoms with van der Waals surface area (Å²) < 4.78 is 165. The van der Waals surface area contributed by atoms with E-state index in [0.717, 1.165) is 26.2 Å². The van der Waals surface area contributed by atoms with Crippen LogP contribution in [0.3, 0.4) is 0 Å². The van der Waals surface area contributed by atoms with Gasteiger partial charge in [0.25, 0.3) is 0 Å². The van der Waals surface area contributed by atoms with Gasteiger partial charge in [0.2, 0.25) is 0 Å². The van der Waals surface area contributed by atoms with Gasteiger partial charge in [-0.2, -0.15) is 0 Å². The van der Waals surface area contributed by atoms with Crippen LogP contribution in [0.4, 0.5) is 69.1 Å². The molecule has 0 aromatic carbocycles. The van der Waals surface area contributed by atoms with Crippen LogP contribution < -0.4 is 18.3 Å². The highest BCUT2D eigenvalue weighted by molar-refractivity contribution is 6.51. The Morgan fingerprint density at radius 1 is 0.283 bits per heavy atom. The lowest BCUT2D eigenvalue weighted by Crippen LogP contribution is -2.35. The van der Waals surface area contributed by atoms with E-state index < -0.39 is 29.0 Å². The van der Waals surface area contributed by atoms with Crippen molar-refractivity contribution in [1.29, 1.82) is 0 Å². The highest BCUT2D eigenvalue weighted by atomic mass is 19.5. The molecule has 0 aliphatic heterocycles. The van der Waals surface area contributed by atoms with Gasteiger partial charge in [0, 0.05) is 74.2 Å². The lowest BCUT2D eigenvalue weighted by Gasteiger charge is -2.03. The molecule has 0 aliphatic carbocycles. The Labute approximate surface area is 340 Å². The van der Waals surface area contributed by atoms with Gasteiger partial charge >= 0.3 is 29.0 Å². The summed E-state index contributed by atoms with van der Waals surface area (Å²) in [5.74, 6) is 0. The average Bonchev–Trinajstić information content (AvgIpc) is 3.12. The van der Waals surface area contributed by atoms with Crippen LogP contribution in [0.25, 0.3) is 22.3 Å². The molecule has 4 heterocycles. The largest absolute Gasteiger partial charge is 0.673 e. The summed E-state index contributed by atoms with van der Waals surface area (Å²) in [7, 11) is -24.0. The zero-order chi connectivity index (χ0) is 45.8. The van der Waals surface area contributed by atoms with Crippen molar-refractivity contribution in [2.24, 2.45) is 0 Å². The molecule has 0 saturated heterocycles. The summed E-state index contributed by atoms with van der Waals surface area (Å²) in [6.07, 6.45) is 30.5. The molecule has 0 radical (unpaired) electrons. The number of hydrogen-bond acceptors (Lipinski definition) is 0. The number of hydrogen-bond donors (Lipinski definition) is 0. The first-order valence-corrected chi connectivity index (χ1v) is 19.2. The van der Waals surface area contributed by atoms with E-state index in [0.29, 0.717) is 0 Å². The molecule has 0 amide bonds. The second kappa shape index (κ2) is 29.1. The van der Waals surface area contributed by atoms with Crippen LogP contribution in [0.5, 0.6) is 0 Å². The second-order valence-electron chi connectivity index (χ2n) is 13.1. The Morgan fingerprint density at radius 2 is 0.433 bits per heavy atom. The third kappa shape index (κ3) is 38.0. The molecule has 0 spiro atoms. The Hall–Kier alpha value is -4.26. The smallest absolute Gasteiger partial charge is 0.418 e. The fourth-order valence-corrected chi connectivity index (χ4v) is 5.23. The molecular formula is C36H50B4F16N4. The fraction of sp³-hybridized carbons (Fsp3) is 0.444. The molecule has 0 N–H and O–H groups in total. The van der Waals surface area contributed by atoms with E-state index >= 15 is 0 Å². The van der Waals surface area contributed by atoms with E-state index in [2.05, 4.69) is 130 Å². The summed E-state index contributed by atoms with van der Waals surface area (Å²) in [4.78, 5) is 0. The average molecular weight is 886 g/mol. The van der Waals surface area contributed by atoms with E-state index in [1.165, 1.54) is 86.5 Å². The van der Waals surface area contributed by atoms with E-state index in [1.807, 2.05) is 0 Å². The Morgan fingerprint density at radius 3 is 0.583 bits per heavy atom. The minimum Gasteiger partial charge on any atom is -0.418 e. The third-order valence-corrected chi connectivity index (χ3v) is 7.85. The fourth-order valence-electron chi connectivity index (χ4n) is 5.23. The molecule has 0 fully saturated rings. The zero-order valence-corrected chi connectivity index (χ0v) is 33.3. The van der Waals surface area contributed by atoms with Gasteiger partial charge in [-0.1, -0.05) is 39.5 Å². The van der Waals surface area contributed by atoms with Gasteiger partial charge in [-0.3, -0.25) is 0 Å². The lowest BCUT2D eigenvalue weighted by molar-refractivity contribution is -0.708. The van der Waals surface area contributed by atoms with Gasteiger partial charge in [0.15, 0.2) is 49.6 Å². The Bertz CT molecular complexity index is 1490. The summed E-state index contributed by atoms with van der Waals surface area (Å²) in [5.41, 5.74) is 5.14. The summed E-state index contributed by atoms with van der Waals surface area (Å²) in [5, 5.41) is 0. The van der Waals surface area contributed by atoms with Gasteiger partial charge in [0.1, 0.15) is 26.2 Å². The molecule has 4 rings (SSSR count). The molecule has 4 aromatic heterocycles. The maximum Gasteiger partial charge on any atom is 0.673 e. The summed E-state index contributed by atoms with van der Waals surface area (Å²) in [6, 6.07) is 17.9. The minimum atomic E-state index is -6.00. The zero-order valence-electron chi connectivity index (χ0n) is 33.3. The number of nitrogens with zero attached hydrogens (tertiary/aromatic N) is 4. The van der Waals surface area contributed by atoms with Crippen LogP contribution in [-0.4, -0.2) is 29.0 Å². The highest BCUT2D eigenvalue weighted by Crippen LogP contribution is 2.17. The second-order valence-corrected chi connectivity index (χ2v) is 13.1. The predicted octanol–water partition coefficient (Wildman–Crippen LogP) is 12.0. The van der Waals surface area contributed by atoms with Crippen LogP contribution in [-0.2, 0) is 26.2 Å². The maximum absolute atomic E-state index is 9.75. The van der Waals surface area contributed by atoms with Crippen molar-refractivity contribution in [3.05, 3.63) is 98.1 Å². The number of halogens is 16. The van der Waals surface area contributed by atoms with Gasteiger partial charge < -0.3 is 69.1 Å². The standard InChI is InChI=1S/C36H50N4.4BF4/c1-3-5-7-9-21-37-25-13-33(14-26-37)35-17-29-39(30-18-35)23-11-12-24-40-31-19-36(20-32-40)34-15-27-38(28-16-34)22-10-8-6-4-2;4*2-1(3,4)5/h13-20,25-32H,3-12,21-24H2,1-2H3;;;;/q+4;4*-1. The normalized spacial score (nSPS) is 11.4. The number of aromatic nitrogens is 4. The van der Waals surface area contributed by atoms with Crippen molar-refractivity contribution < 1.29 is 87.3 Å². The molecular weight excluding hydrogens is 836 g/mol. The van der Waals surface area contributed by atoms with Crippen molar-refractivity contribution in [2.45, 2.75) is 104 Å². The Balaban J connectivity index is 0.00000144. The molecule has 338 valence electrons. The highest BCUT2D eigenvalue weighted by Gasteiger charge is 2.22. The third-order valence-electron chi connectivity index (χ3n) is 7.85. The minimum absolute atomic E-state index is 1.05. The molecule has 4 aromatic rings. The van der Waals surface area contributed by atoms with Crippen LogP contribution in [0, 0.1) is 0 Å². The quantitative estimate of drug-likeness (QED) is 0.0435. The molecule has 0 atom stereocenters. The van der Waals surface area contributed by atoms with Crippen molar-refractivity contribution in [3.63, 3.8) is 0 Å². The Kier molecular flexibility index (Phi) is 27.0. The van der Waals surface area contributed by atoms with Gasteiger partial charge in [-0.15, -0.1) is 0 Å². The molecule has 0 saturated carbocycles. The van der Waals surface area contributed by atoms with E-state index in [9.17, 15) is 69.1 Å². The van der Waals surface area contributed by atoms with E-state index in [4.69, 9.17) is 0 Å². The first-order chi connectivity index (χ1) is 27.7. The van der Waals surface area contributed by atoms with Gasteiger partial charge in [-0.05, 0) is 35.1 Å². The number of pyridine rings is 4. The summed E-state index contributed by atoms with van der Waals surface area (Å²) in [6.45, 7) is 8.86. The predicted molar refractivity (Wildman–Crippen MR) is 203 cm³/mol. The number of aryl methyl sites for hydroxylation is 4. The molecule has 24 heteroatoms. The topological polar surface area (TPSA) is 15.5 Å². The maximum atomic E-state index is 9.75. The van der Waals surface area contributed by atoms with Crippen LogP contribution in [0.1, 0.15) is 78.1 Å². The lowest BCUT2D eigenvalue weighted by atomic mass is 10.1. The first-order valence-electron chi connectivity index (χ1n) is 19.2. The monoisotopic (exact) mass is 886 g/mol. The van der Waals surface area contributed by atoms with E-state index in [-0.39, 0.29) is 0 Å². The van der Waals surface area contributed by atoms with Crippen LogP contribution in [0.15, 0.2) is 98.1 Å². The van der Waals surface area contributed by atoms with Crippen LogP contribution >= 0.6 is 0 Å².